The minimum Gasteiger partial charge on any atom is -0.465 e. The number of hydrogen-bond acceptors (Lipinski definition) is 5. The first kappa shape index (κ1) is 33.5. The lowest BCUT2D eigenvalue weighted by atomic mass is 10.00. The third-order valence-corrected chi connectivity index (χ3v) is 9.80. The Kier molecular flexibility index (Phi) is 10.3. The van der Waals surface area contributed by atoms with Gasteiger partial charge in [0.2, 0.25) is 5.91 Å². The molecule has 9 nitrogen and oxygen atoms in total. The lowest BCUT2D eigenvalue weighted by molar-refractivity contribution is -0.138. The van der Waals surface area contributed by atoms with Gasteiger partial charge in [0.15, 0.2) is 0 Å². The summed E-state index contributed by atoms with van der Waals surface area (Å²) >= 11 is 12.5. The van der Waals surface area contributed by atoms with Gasteiger partial charge in [0.1, 0.15) is 6.04 Å². The van der Waals surface area contributed by atoms with Gasteiger partial charge in [-0.2, -0.15) is 0 Å². The van der Waals surface area contributed by atoms with Crippen molar-refractivity contribution in [1.82, 2.24) is 20.0 Å². The Bertz CT molecular complexity index is 1830. The van der Waals surface area contributed by atoms with Crippen LogP contribution in [0.5, 0.6) is 0 Å². The van der Waals surface area contributed by atoms with Crippen molar-refractivity contribution in [3.05, 3.63) is 117 Å². The van der Waals surface area contributed by atoms with Crippen LogP contribution in [0.1, 0.15) is 44.7 Å². The number of fused-ring (bicyclic) bond motifs is 2. The van der Waals surface area contributed by atoms with Gasteiger partial charge in [-0.1, -0.05) is 83.9 Å². The van der Waals surface area contributed by atoms with E-state index in [0.29, 0.717) is 59.2 Å². The van der Waals surface area contributed by atoms with E-state index >= 15 is 0 Å². The second-order valence-electron chi connectivity index (χ2n) is 12.3. The highest BCUT2D eigenvalue weighted by Gasteiger charge is 2.37. The van der Waals surface area contributed by atoms with E-state index in [1.54, 1.807) is 47.4 Å². The molecule has 0 saturated carbocycles. The lowest BCUT2D eigenvalue weighted by Crippen LogP contribution is -2.60. The molecule has 2 aliphatic heterocycles. The van der Waals surface area contributed by atoms with Crippen LogP contribution in [0, 0.1) is 0 Å². The molecule has 2 aliphatic rings. The molecule has 1 fully saturated rings. The Morgan fingerprint density at radius 2 is 1.56 bits per heavy atom. The highest BCUT2D eigenvalue weighted by molar-refractivity contribution is 6.35. The molecular formula is C37H36Cl2N4O5. The molecule has 0 spiro atoms. The standard InChI is InChI=1S/C37H36Cl2N4O5/c38-28-14-13-27(32(39)22-28)21-33(40-37(47)48)36(46)42-19-18-41(17-15-24-11-12-25-6-1-2-7-26(25)20-24)23-29(42)8-5-16-43-34(44)30-9-3-4-10-31(30)35(43)45/h1-4,6-7,9-14,20,22,29,33,40H,5,8,15-19,21,23H2,(H,47,48). The molecule has 2 N–H and O–H groups in total. The molecule has 11 heteroatoms. The molecule has 0 aliphatic carbocycles. The van der Waals surface area contributed by atoms with E-state index in [1.165, 1.54) is 21.2 Å². The fourth-order valence-corrected chi connectivity index (χ4v) is 7.21. The van der Waals surface area contributed by atoms with Crippen molar-refractivity contribution in [2.24, 2.45) is 0 Å². The van der Waals surface area contributed by atoms with E-state index in [9.17, 15) is 24.3 Å². The first-order valence-corrected chi connectivity index (χ1v) is 16.8. The van der Waals surface area contributed by atoms with E-state index in [1.807, 2.05) is 12.1 Å². The summed E-state index contributed by atoms with van der Waals surface area (Å²) in [5.74, 6) is -0.965. The zero-order chi connectivity index (χ0) is 33.8. The van der Waals surface area contributed by atoms with Crippen LogP contribution in [0.15, 0.2) is 84.9 Å². The molecule has 0 aromatic heterocycles. The molecule has 6 rings (SSSR count). The Labute approximate surface area is 289 Å². The molecule has 0 radical (unpaired) electrons. The minimum absolute atomic E-state index is 0.0606. The van der Waals surface area contributed by atoms with Gasteiger partial charge in [-0.05, 0) is 65.4 Å². The molecule has 48 heavy (non-hydrogen) atoms. The van der Waals surface area contributed by atoms with Crippen molar-refractivity contribution in [3.8, 4) is 0 Å². The van der Waals surface area contributed by atoms with Crippen LogP contribution in [0.25, 0.3) is 10.8 Å². The topological polar surface area (TPSA) is 110 Å². The fraction of sp³-hybridized carbons (Fsp3) is 0.297. The zero-order valence-electron chi connectivity index (χ0n) is 26.3. The van der Waals surface area contributed by atoms with Crippen molar-refractivity contribution in [1.29, 1.82) is 0 Å². The molecular weight excluding hydrogens is 651 g/mol. The lowest BCUT2D eigenvalue weighted by Gasteiger charge is -2.43. The van der Waals surface area contributed by atoms with Crippen LogP contribution >= 0.6 is 23.2 Å². The van der Waals surface area contributed by atoms with E-state index in [0.717, 1.165) is 13.0 Å². The van der Waals surface area contributed by atoms with Gasteiger partial charge in [0.25, 0.3) is 11.8 Å². The van der Waals surface area contributed by atoms with Gasteiger partial charge in [0, 0.05) is 55.2 Å². The maximum Gasteiger partial charge on any atom is 0.405 e. The smallest absolute Gasteiger partial charge is 0.405 e. The van der Waals surface area contributed by atoms with Gasteiger partial charge in [-0.3, -0.25) is 24.2 Å². The zero-order valence-corrected chi connectivity index (χ0v) is 27.8. The van der Waals surface area contributed by atoms with Crippen LogP contribution in [-0.4, -0.2) is 88.4 Å². The Morgan fingerprint density at radius 1 is 0.854 bits per heavy atom. The molecule has 2 unspecified atom stereocenters. The number of halogens is 2. The van der Waals surface area contributed by atoms with Gasteiger partial charge >= 0.3 is 6.09 Å². The van der Waals surface area contributed by atoms with Gasteiger partial charge < -0.3 is 15.3 Å². The Hall–Kier alpha value is -4.44. The number of benzene rings is 4. The largest absolute Gasteiger partial charge is 0.465 e. The number of hydrogen-bond donors (Lipinski definition) is 2. The van der Waals surface area contributed by atoms with E-state index in [2.05, 4.69) is 40.5 Å². The number of piperazine rings is 1. The molecule has 0 bridgehead atoms. The Morgan fingerprint density at radius 3 is 2.27 bits per heavy atom. The summed E-state index contributed by atoms with van der Waals surface area (Å²) in [7, 11) is 0. The van der Waals surface area contributed by atoms with Crippen LogP contribution in [-0.2, 0) is 17.6 Å². The molecule has 4 aromatic rings. The fourth-order valence-electron chi connectivity index (χ4n) is 6.73. The molecule has 4 amide bonds. The molecule has 1 saturated heterocycles. The predicted octanol–water partition coefficient (Wildman–Crippen LogP) is 6.16. The number of imide groups is 1. The average molecular weight is 688 g/mol. The maximum atomic E-state index is 14.1. The molecule has 4 aromatic carbocycles. The summed E-state index contributed by atoms with van der Waals surface area (Å²) in [6.45, 7) is 2.60. The number of nitrogens with one attached hydrogen (secondary N) is 1. The maximum absolute atomic E-state index is 14.1. The van der Waals surface area contributed by atoms with Crippen molar-refractivity contribution < 1.29 is 24.3 Å². The van der Waals surface area contributed by atoms with Crippen LogP contribution in [0.3, 0.4) is 0 Å². The molecule has 2 atom stereocenters. The van der Waals surface area contributed by atoms with Crippen LogP contribution < -0.4 is 5.32 Å². The average Bonchev–Trinajstić information content (AvgIpc) is 3.32. The third-order valence-electron chi connectivity index (χ3n) is 9.21. The van der Waals surface area contributed by atoms with Gasteiger partial charge in [0.05, 0.1) is 11.1 Å². The van der Waals surface area contributed by atoms with Crippen LogP contribution in [0.4, 0.5) is 4.79 Å². The summed E-state index contributed by atoms with van der Waals surface area (Å²) in [6, 6.07) is 25.1. The van der Waals surface area contributed by atoms with Crippen molar-refractivity contribution in [2.75, 3.05) is 32.7 Å². The number of carbonyl (C=O) groups is 4. The second kappa shape index (κ2) is 14.8. The van der Waals surface area contributed by atoms with Crippen LogP contribution in [0.2, 0.25) is 10.0 Å². The quantitative estimate of drug-likeness (QED) is 0.183. The number of rotatable bonds is 11. The monoisotopic (exact) mass is 686 g/mol. The first-order valence-electron chi connectivity index (χ1n) is 16.1. The molecule has 2 heterocycles. The number of amides is 4. The summed E-state index contributed by atoms with van der Waals surface area (Å²) in [5.41, 5.74) is 2.63. The molecule has 248 valence electrons. The highest BCUT2D eigenvalue weighted by Crippen LogP contribution is 2.26. The summed E-state index contributed by atoms with van der Waals surface area (Å²) in [5, 5.41) is 15.2. The minimum atomic E-state index is -1.31. The number of carboxylic acid groups (broad SMARTS) is 1. The highest BCUT2D eigenvalue weighted by atomic mass is 35.5. The second-order valence-corrected chi connectivity index (χ2v) is 13.2. The van der Waals surface area contributed by atoms with E-state index in [-0.39, 0.29) is 36.7 Å². The Balaban J connectivity index is 1.17. The normalized spacial score (nSPS) is 17.1. The van der Waals surface area contributed by atoms with Crippen molar-refractivity contribution >= 4 is 57.8 Å². The predicted molar refractivity (Wildman–Crippen MR) is 186 cm³/mol. The van der Waals surface area contributed by atoms with Crippen molar-refractivity contribution in [2.45, 2.75) is 37.8 Å². The van der Waals surface area contributed by atoms with Gasteiger partial charge in [-0.15, -0.1) is 0 Å². The van der Waals surface area contributed by atoms with E-state index in [4.69, 9.17) is 23.2 Å². The number of carbonyl (C=O) groups excluding carboxylic acids is 3. The third kappa shape index (κ3) is 7.49. The van der Waals surface area contributed by atoms with Crippen molar-refractivity contribution in [3.63, 3.8) is 0 Å². The number of nitrogens with zero attached hydrogens (tertiary/aromatic N) is 3. The SMILES string of the molecule is O=C(O)NC(Cc1ccc(Cl)cc1Cl)C(=O)N1CCN(CCc2ccc3ccccc3c2)CC1CCCN1C(=O)c2ccccc2C1=O. The summed E-state index contributed by atoms with van der Waals surface area (Å²) in [4.78, 5) is 57.2. The van der Waals surface area contributed by atoms with E-state index < -0.39 is 12.1 Å². The summed E-state index contributed by atoms with van der Waals surface area (Å²) in [6.07, 6.45) is 0.588. The summed E-state index contributed by atoms with van der Waals surface area (Å²) < 4.78 is 0. The first-order chi connectivity index (χ1) is 23.2. The van der Waals surface area contributed by atoms with Gasteiger partial charge in [-0.25, -0.2) is 4.79 Å².